The third-order valence-corrected chi connectivity index (χ3v) is 2.26. The fourth-order valence-electron chi connectivity index (χ4n) is 1.29. The van der Waals surface area contributed by atoms with Crippen molar-refractivity contribution in [3.05, 3.63) is 11.6 Å². The van der Waals surface area contributed by atoms with Crippen LogP contribution in [-0.2, 0) is 9.59 Å². The summed E-state index contributed by atoms with van der Waals surface area (Å²) in [4.78, 5) is 22.7. The minimum Gasteiger partial charge on any atom is -0.480 e. The molecule has 4 heteroatoms. The van der Waals surface area contributed by atoms with Crippen molar-refractivity contribution >= 4 is 11.9 Å². The fraction of sp³-hybridized carbons (Fsp3) is 0.667. The Morgan fingerprint density at radius 1 is 1.38 bits per heavy atom. The molecule has 4 nitrogen and oxygen atoms in total. The number of hydrogen-bond donors (Lipinski definition) is 2. The molecule has 0 rings (SSSR count). The van der Waals surface area contributed by atoms with Crippen LogP contribution in [0.3, 0.4) is 0 Å². The Labute approximate surface area is 96.7 Å². The zero-order valence-corrected chi connectivity index (χ0v) is 10.6. The van der Waals surface area contributed by atoms with Crippen LogP contribution < -0.4 is 5.32 Å². The van der Waals surface area contributed by atoms with E-state index in [0.717, 1.165) is 6.42 Å². The standard InChI is InChI=1S/C12H21NO3/c1-6-7-8(2)10(14)13-9(11(15)16)12(3,4)5/h7,9H,6H2,1-5H3,(H,13,14)(H,15,16)/b8-7+/t9-/m1/s1. The van der Waals surface area contributed by atoms with Crippen molar-refractivity contribution in [1.82, 2.24) is 5.32 Å². The van der Waals surface area contributed by atoms with E-state index < -0.39 is 17.4 Å². The van der Waals surface area contributed by atoms with E-state index >= 15 is 0 Å². The molecule has 92 valence electrons. The van der Waals surface area contributed by atoms with Crippen molar-refractivity contribution in [2.75, 3.05) is 0 Å². The maximum Gasteiger partial charge on any atom is 0.326 e. The number of allylic oxidation sites excluding steroid dienone is 1. The molecule has 1 atom stereocenters. The second-order valence-electron chi connectivity index (χ2n) is 4.91. The zero-order valence-electron chi connectivity index (χ0n) is 10.6. The van der Waals surface area contributed by atoms with Gasteiger partial charge in [0.25, 0.3) is 0 Å². The first kappa shape index (κ1) is 14.7. The molecule has 0 aromatic heterocycles. The van der Waals surface area contributed by atoms with E-state index in [4.69, 9.17) is 5.11 Å². The molecule has 16 heavy (non-hydrogen) atoms. The van der Waals surface area contributed by atoms with Crippen molar-refractivity contribution in [2.45, 2.75) is 47.1 Å². The molecule has 0 saturated heterocycles. The van der Waals surface area contributed by atoms with Crippen LogP contribution in [0.25, 0.3) is 0 Å². The van der Waals surface area contributed by atoms with Crippen LogP contribution in [0.15, 0.2) is 11.6 Å². The Morgan fingerprint density at radius 3 is 2.19 bits per heavy atom. The Hall–Kier alpha value is -1.32. The van der Waals surface area contributed by atoms with Crippen molar-refractivity contribution in [3.8, 4) is 0 Å². The average Bonchev–Trinajstić information content (AvgIpc) is 2.11. The molecule has 0 saturated carbocycles. The molecule has 0 fully saturated rings. The van der Waals surface area contributed by atoms with Gasteiger partial charge in [0.15, 0.2) is 0 Å². The van der Waals surface area contributed by atoms with Gasteiger partial charge in [-0.3, -0.25) is 4.79 Å². The van der Waals surface area contributed by atoms with E-state index in [1.807, 2.05) is 6.92 Å². The first-order chi connectivity index (χ1) is 7.20. The van der Waals surface area contributed by atoms with Gasteiger partial charge in [-0.1, -0.05) is 33.8 Å². The van der Waals surface area contributed by atoms with Crippen LogP contribution in [0.5, 0.6) is 0 Å². The van der Waals surface area contributed by atoms with Crippen LogP contribution in [-0.4, -0.2) is 23.0 Å². The van der Waals surface area contributed by atoms with Gasteiger partial charge in [0.1, 0.15) is 6.04 Å². The number of carboxylic acids is 1. The van der Waals surface area contributed by atoms with E-state index in [1.54, 1.807) is 33.8 Å². The highest BCUT2D eigenvalue weighted by Gasteiger charge is 2.32. The Morgan fingerprint density at radius 2 is 1.88 bits per heavy atom. The van der Waals surface area contributed by atoms with Gasteiger partial charge in [-0.15, -0.1) is 0 Å². The molecule has 0 unspecified atom stereocenters. The number of hydrogen-bond acceptors (Lipinski definition) is 2. The largest absolute Gasteiger partial charge is 0.480 e. The van der Waals surface area contributed by atoms with Gasteiger partial charge in [0.05, 0.1) is 0 Å². The summed E-state index contributed by atoms with van der Waals surface area (Å²) in [7, 11) is 0. The molecule has 0 aliphatic rings. The van der Waals surface area contributed by atoms with Gasteiger partial charge in [-0.25, -0.2) is 4.79 Å². The first-order valence-electron chi connectivity index (χ1n) is 5.40. The normalized spacial score (nSPS) is 14.4. The highest BCUT2D eigenvalue weighted by atomic mass is 16.4. The molecule has 0 aliphatic heterocycles. The fourth-order valence-corrected chi connectivity index (χ4v) is 1.29. The number of amides is 1. The molecule has 0 bridgehead atoms. The van der Waals surface area contributed by atoms with Crippen molar-refractivity contribution in [3.63, 3.8) is 0 Å². The summed E-state index contributed by atoms with van der Waals surface area (Å²) in [6.07, 6.45) is 2.53. The average molecular weight is 227 g/mol. The zero-order chi connectivity index (χ0) is 12.9. The lowest BCUT2D eigenvalue weighted by Crippen LogP contribution is -2.49. The molecular formula is C12H21NO3. The lowest BCUT2D eigenvalue weighted by Gasteiger charge is -2.27. The van der Waals surface area contributed by atoms with Gasteiger partial charge in [0.2, 0.25) is 5.91 Å². The third kappa shape index (κ3) is 4.47. The van der Waals surface area contributed by atoms with Gasteiger partial charge < -0.3 is 10.4 Å². The molecular weight excluding hydrogens is 206 g/mol. The second kappa shape index (κ2) is 5.68. The first-order valence-corrected chi connectivity index (χ1v) is 5.40. The predicted molar refractivity (Wildman–Crippen MR) is 63.1 cm³/mol. The monoisotopic (exact) mass is 227 g/mol. The number of carboxylic acid groups (broad SMARTS) is 1. The van der Waals surface area contributed by atoms with Crippen LogP contribution in [0.2, 0.25) is 0 Å². The minimum absolute atomic E-state index is 0.316. The predicted octanol–water partition coefficient (Wildman–Crippen LogP) is 1.96. The molecule has 0 heterocycles. The molecule has 0 spiro atoms. The number of carbonyl (C=O) groups is 2. The lowest BCUT2D eigenvalue weighted by atomic mass is 9.86. The number of nitrogens with one attached hydrogen (secondary N) is 1. The van der Waals surface area contributed by atoms with Gasteiger partial charge >= 0.3 is 5.97 Å². The molecule has 1 amide bonds. The molecule has 0 aromatic carbocycles. The topological polar surface area (TPSA) is 66.4 Å². The van der Waals surface area contributed by atoms with E-state index in [1.165, 1.54) is 0 Å². The molecule has 2 N–H and O–H groups in total. The summed E-state index contributed by atoms with van der Waals surface area (Å²) in [5.41, 5.74) is 0.0477. The van der Waals surface area contributed by atoms with Crippen LogP contribution in [0, 0.1) is 5.41 Å². The number of rotatable bonds is 4. The summed E-state index contributed by atoms with van der Waals surface area (Å²) in [6, 6.07) is -0.875. The highest BCUT2D eigenvalue weighted by molar-refractivity contribution is 5.95. The van der Waals surface area contributed by atoms with Crippen molar-refractivity contribution in [2.24, 2.45) is 5.41 Å². The summed E-state index contributed by atoms with van der Waals surface area (Å²) in [5, 5.41) is 11.6. The minimum atomic E-state index is -1.01. The summed E-state index contributed by atoms with van der Waals surface area (Å²) < 4.78 is 0. The number of carbonyl (C=O) groups excluding carboxylic acids is 1. The molecule has 0 aromatic rings. The van der Waals surface area contributed by atoms with Gasteiger partial charge in [-0.05, 0) is 18.8 Å². The molecule has 0 radical (unpaired) electrons. The van der Waals surface area contributed by atoms with Crippen molar-refractivity contribution in [1.29, 1.82) is 0 Å². The summed E-state index contributed by atoms with van der Waals surface area (Å²) >= 11 is 0. The van der Waals surface area contributed by atoms with Crippen molar-refractivity contribution < 1.29 is 14.7 Å². The quantitative estimate of drug-likeness (QED) is 0.721. The van der Waals surface area contributed by atoms with Crippen LogP contribution >= 0.6 is 0 Å². The third-order valence-electron chi connectivity index (χ3n) is 2.26. The maximum atomic E-state index is 11.7. The van der Waals surface area contributed by atoms with Gasteiger partial charge in [-0.2, -0.15) is 0 Å². The summed E-state index contributed by atoms with van der Waals surface area (Å²) in [6.45, 7) is 8.95. The van der Waals surface area contributed by atoms with E-state index in [-0.39, 0.29) is 5.91 Å². The van der Waals surface area contributed by atoms with E-state index in [0.29, 0.717) is 5.57 Å². The SMILES string of the molecule is CC/C=C(\C)C(=O)N[C@H](C(=O)O)C(C)(C)C. The smallest absolute Gasteiger partial charge is 0.326 e. The molecule has 0 aliphatic carbocycles. The summed E-state index contributed by atoms with van der Waals surface area (Å²) in [5.74, 6) is -1.32. The highest BCUT2D eigenvalue weighted by Crippen LogP contribution is 2.19. The van der Waals surface area contributed by atoms with Crippen LogP contribution in [0.1, 0.15) is 41.0 Å². The second-order valence-corrected chi connectivity index (χ2v) is 4.91. The maximum absolute atomic E-state index is 11.7. The number of aliphatic carboxylic acids is 1. The van der Waals surface area contributed by atoms with E-state index in [9.17, 15) is 9.59 Å². The Balaban J connectivity index is 4.73. The van der Waals surface area contributed by atoms with Crippen LogP contribution in [0.4, 0.5) is 0 Å². The Kier molecular flexibility index (Phi) is 5.21. The van der Waals surface area contributed by atoms with Gasteiger partial charge in [0, 0.05) is 5.57 Å². The Bertz CT molecular complexity index is 300. The van der Waals surface area contributed by atoms with E-state index in [2.05, 4.69) is 5.32 Å². The lowest BCUT2D eigenvalue weighted by molar-refractivity contribution is -0.144.